The molecule has 1 aliphatic rings. The van der Waals surface area contributed by atoms with E-state index in [-0.39, 0.29) is 16.9 Å². The number of hydrogen-bond acceptors (Lipinski definition) is 7. The zero-order valence-electron chi connectivity index (χ0n) is 22.1. The standard InChI is InChI=1S/C31H26N4O4S/c1-37-25-15-9-22(10-16-25)32-28-29(33-23-11-17-26(38-2)18-12-23)35(30(36)21-7-5-4-6-8-21)31(40)34(28)24-13-19-27(39-3)20-14-24/h4-20H,1-3H3. The van der Waals surface area contributed by atoms with Gasteiger partial charge in [0.2, 0.25) is 0 Å². The second-order valence-electron chi connectivity index (χ2n) is 8.59. The van der Waals surface area contributed by atoms with Gasteiger partial charge in [-0.15, -0.1) is 0 Å². The van der Waals surface area contributed by atoms with Gasteiger partial charge in [-0.05, 0) is 97.1 Å². The number of carbonyl (C=O) groups is 1. The number of ether oxygens (including phenoxy) is 3. The first kappa shape index (κ1) is 26.6. The fourth-order valence-corrected chi connectivity index (χ4v) is 4.46. The number of anilines is 1. The molecule has 0 aliphatic carbocycles. The van der Waals surface area contributed by atoms with Crippen LogP contribution in [0.2, 0.25) is 0 Å². The molecular formula is C31H26N4O4S. The molecule has 40 heavy (non-hydrogen) atoms. The van der Waals surface area contributed by atoms with E-state index in [0.717, 1.165) is 0 Å². The summed E-state index contributed by atoms with van der Waals surface area (Å²) >= 11 is 5.95. The highest BCUT2D eigenvalue weighted by Gasteiger charge is 2.43. The number of nitrogens with zero attached hydrogens (tertiary/aromatic N) is 4. The molecule has 0 radical (unpaired) electrons. The molecule has 4 aromatic carbocycles. The predicted molar refractivity (Wildman–Crippen MR) is 161 cm³/mol. The van der Waals surface area contributed by atoms with Crippen molar-refractivity contribution >= 4 is 52.0 Å². The van der Waals surface area contributed by atoms with Crippen LogP contribution in [0.25, 0.3) is 0 Å². The minimum atomic E-state index is -0.323. The molecule has 0 aromatic heterocycles. The lowest BCUT2D eigenvalue weighted by Crippen LogP contribution is -2.38. The lowest BCUT2D eigenvalue weighted by molar-refractivity contribution is 0.0907. The lowest BCUT2D eigenvalue weighted by Gasteiger charge is -2.19. The minimum absolute atomic E-state index is 0.221. The van der Waals surface area contributed by atoms with E-state index in [1.807, 2.05) is 54.6 Å². The Morgan fingerprint density at radius 2 is 1.07 bits per heavy atom. The van der Waals surface area contributed by atoms with Gasteiger partial charge < -0.3 is 14.2 Å². The maximum Gasteiger partial charge on any atom is 0.265 e. The van der Waals surface area contributed by atoms with Gasteiger partial charge in [-0.25, -0.2) is 14.9 Å². The third kappa shape index (κ3) is 5.41. The third-order valence-electron chi connectivity index (χ3n) is 6.18. The summed E-state index contributed by atoms with van der Waals surface area (Å²) in [5.74, 6) is 2.43. The molecule has 0 unspecified atom stereocenters. The molecule has 200 valence electrons. The van der Waals surface area contributed by atoms with Crippen LogP contribution in [0.4, 0.5) is 17.1 Å². The van der Waals surface area contributed by atoms with E-state index < -0.39 is 0 Å². The number of rotatable bonds is 7. The zero-order valence-corrected chi connectivity index (χ0v) is 23.0. The largest absolute Gasteiger partial charge is 0.497 e. The Kier molecular flexibility index (Phi) is 7.84. The van der Waals surface area contributed by atoms with Crippen molar-refractivity contribution in [2.24, 2.45) is 9.98 Å². The molecule has 8 nitrogen and oxygen atoms in total. The highest BCUT2D eigenvalue weighted by molar-refractivity contribution is 7.80. The van der Waals surface area contributed by atoms with Crippen LogP contribution < -0.4 is 19.1 Å². The van der Waals surface area contributed by atoms with E-state index in [2.05, 4.69) is 0 Å². The summed E-state index contributed by atoms with van der Waals surface area (Å²) < 4.78 is 16.0. The Hall–Kier alpha value is -5.02. The number of carbonyl (C=O) groups excluding carboxylic acids is 1. The fraction of sp³-hybridized carbons (Fsp3) is 0.0968. The molecule has 5 rings (SSSR count). The number of hydrogen-bond donors (Lipinski definition) is 0. The van der Waals surface area contributed by atoms with E-state index >= 15 is 0 Å². The van der Waals surface area contributed by atoms with Crippen LogP contribution in [0.15, 0.2) is 113 Å². The summed E-state index contributed by atoms with van der Waals surface area (Å²) in [4.78, 5) is 26.9. The smallest absolute Gasteiger partial charge is 0.265 e. The number of amides is 1. The third-order valence-corrected chi connectivity index (χ3v) is 6.54. The molecule has 0 N–H and O–H groups in total. The quantitative estimate of drug-likeness (QED) is 0.247. The van der Waals surface area contributed by atoms with E-state index in [0.29, 0.717) is 45.7 Å². The van der Waals surface area contributed by atoms with Crippen molar-refractivity contribution in [3.63, 3.8) is 0 Å². The van der Waals surface area contributed by atoms with Crippen LogP contribution in [0.1, 0.15) is 10.4 Å². The number of amidine groups is 2. The first-order chi connectivity index (χ1) is 19.5. The molecule has 9 heteroatoms. The monoisotopic (exact) mass is 550 g/mol. The number of benzene rings is 4. The molecule has 1 fully saturated rings. The van der Waals surface area contributed by atoms with Gasteiger partial charge in [-0.2, -0.15) is 0 Å². The van der Waals surface area contributed by atoms with E-state index in [4.69, 9.17) is 36.4 Å². The molecule has 0 bridgehead atoms. The Labute approximate surface area is 237 Å². The van der Waals surface area contributed by atoms with Gasteiger partial charge in [-0.1, -0.05) is 18.2 Å². The van der Waals surface area contributed by atoms with Crippen molar-refractivity contribution in [2.45, 2.75) is 0 Å². The van der Waals surface area contributed by atoms with Crippen LogP contribution in [0.3, 0.4) is 0 Å². The summed E-state index contributed by atoms with van der Waals surface area (Å²) in [5.41, 5.74) is 2.40. The molecule has 1 heterocycles. The average molecular weight is 551 g/mol. The van der Waals surface area contributed by atoms with Gasteiger partial charge >= 0.3 is 0 Å². The van der Waals surface area contributed by atoms with E-state index in [1.165, 1.54) is 4.90 Å². The second kappa shape index (κ2) is 11.8. The van der Waals surface area contributed by atoms with Crippen LogP contribution in [-0.2, 0) is 0 Å². The summed E-state index contributed by atoms with van der Waals surface area (Å²) in [6, 6.07) is 30.8. The maximum absolute atomic E-state index is 13.9. The first-order valence-electron chi connectivity index (χ1n) is 12.4. The van der Waals surface area contributed by atoms with Gasteiger partial charge in [0.25, 0.3) is 5.91 Å². The Morgan fingerprint density at radius 3 is 1.55 bits per heavy atom. The molecule has 0 saturated carbocycles. The van der Waals surface area contributed by atoms with Crippen molar-refractivity contribution in [1.29, 1.82) is 0 Å². The van der Waals surface area contributed by atoms with E-state index in [1.54, 1.807) is 74.8 Å². The number of aliphatic imine (C=N–C) groups is 2. The topological polar surface area (TPSA) is 76.0 Å². The van der Waals surface area contributed by atoms with Crippen molar-refractivity contribution in [3.05, 3.63) is 109 Å². The lowest BCUT2D eigenvalue weighted by atomic mass is 10.2. The number of thiocarbonyl (C=S) groups is 1. The normalized spacial score (nSPS) is 15.0. The SMILES string of the molecule is COc1ccc(N=C2C(=Nc3ccc(OC)cc3)N(c3ccc(OC)cc3)C(=S)N2C(=O)c2ccccc2)cc1. The molecule has 4 aromatic rings. The summed E-state index contributed by atoms with van der Waals surface area (Å²) in [5, 5.41) is 0.221. The summed E-state index contributed by atoms with van der Waals surface area (Å²) in [7, 11) is 4.81. The summed E-state index contributed by atoms with van der Waals surface area (Å²) in [6.07, 6.45) is 0. The van der Waals surface area contributed by atoms with Crippen LogP contribution in [-0.4, -0.2) is 48.9 Å². The molecule has 0 atom stereocenters. The van der Waals surface area contributed by atoms with Crippen LogP contribution >= 0.6 is 12.2 Å². The minimum Gasteiger partial charge on any atom is -0.497 e. The Morgan fingerprint density at radius 1 is 0.625 bits per heavy atom. The molecule has 1 amide bonds. The van der Waals surface area contributed by atoms with Gasteiger partial charge in [0.05, 0.1) is 38.4 Å². The Balaban J connectivity index is 1.71. The molecule has 1 saturated heterocycles. The van der Waals surface area contributed by atoms with Gasteiger partial charge in [0.15, 0.2) is 16.8 Å². The van der Waals surface area contributed by atoms with Crippen LogP contribution in [0, 0.1) is 0 Å². The van der Waals surface area contributed by atoms with Crippen molar-refractivity contribution in [2.75, 3.05) is 26.2 Å². The maximum atomic E-state index is 13.9. The van der Waals surface area contributed by atoms with Crippen LogP contribution in [0.5, 0.6) is 17.2 Å². The predicted octanol–water partition coefficient (Wildman–Crippen LogP) is 6.42. The van der Waals surface area contributed by atoms with Crippen molar-refractivity contribution in [1.82, 2.24) is 4.90 Å². The van der Waals surface area contributed by atoms with E-state index in [9.17, 15) is 4.79 Å². The summed E-state index contributed by atoms with van der Waals surface area (Å²) in [6.45, 7) is 0. The van der Waals surface area contributed by atoms with Gasteiger partial charge in [-0.3, -0.25) is 9.69 Å². The molecule has 1 aliphatic heterocycles. The van der Waals surface area contributed by atoms with Gasteiger partial charge in [0, 0.05) is 5.56 Å². The second-order valence-corrected chi connectivity index (χ2v) is 8.95. The highest BCUT2D eigenvalue weighted by Crippen LogP contribution is 2.31. The van der Waals surface area contributed by atoms with Crippen molar-refractivity contribution < 1.29 is 19.0 Å². The average Bonchev–Trinajstić information content (AvgIpc) is 3.27. The highest BCUT2D eigenvalue weighted by atomic mass is 32.1. The number of methoxy groups -OCH3 is 3. The molecular weight excluding hydrogens is 524 g/mol. The Bertz CT molecular complexity index is 1570. The van der Waals surface area contributed by atoms with Gasteiger partial charge in [0.1, 0.15) is 17.2 Å². The first-order valence-corrected chi connectivity index (χ1v) is 12.8. The van der Waals surface area contributed by atoms with Crippen molar-refractivity contribution in [3.8, 4) is 17.2 Å². The zero-order chi connectivity index (χ0) is 28.1. The molecule has 0 spiro atoms. The fourth-order valence-electron chi connectivity index (χ4n) is 4.10.